The summed E-state index contributed by atoms with van der Waals surface area (Å²) in [7, 11) is 0. The highest BCUT2D eigenvalue weighted by Crippen LogP contribution is 2.21. The molecule has 1 aliphatic heterocycles. The molecule has 2 aromatic heterocycles. The predicted octanol–water partition coefficient (Wildman–Crippen LogP) is 3.09. The number of imidazole rings is 1. The molecule has 0 saturated heterocycles. The largest absolute Gasteiger partial charge is 0.492 e. The van der Waals surface area contributed by atoms with Crippen LogP contribution in [0.2, 0.25) is 0 Å². The first-order valence-electron chi connectivity index (χ1n) is 9.51. The minimum atomic E-state index is -5.08. The number of hydrogen-bond donors (Lipinski definition) is 2. The number of hydrogen-bond acceptors (Lipinski definition) is 5. The van der Waals surface area contributed by atoms with Crippen LogP contribution in [0, 0.1) is 0 Å². The average molecular weight is 437 g/mol. The Morgan fingerprint density at radius 3 is 2.65 bits per heavy atom. The van der Waals surface area contributed by atoms with Gasteiger partial charge in [0.2, 0.25) is 0 Å². The molecule has 8 nitrogen and oxygen atoms in total. The monoisotopic (exact) mass is 437 g/mol. The van der Waals surface area contributed by atoms with Gasteiger partial charge in [-0.3, -0.25) is 10.00 Å². The van der Waals surface area contributed by atoms with Gasteiger partial charge in [0.25, 0.3) is 0 Å². The van der Waals surface area contributed by atoms with Gasteiger partial charge in [-0.1, -0.05) is 18.2 Å². The average Bonchev–Trinajstić information content (AvgIpc) is 3.37. The minimum Gasteiger partial charge on any atom is -0.492 e. The van der Waals surface area contributed by atoms with Crippen molar-refractivity contribution in [3.8, 4) is 5.75 Å². The van der Waals surface area contributed by atoms with Crippen molar-refractivity contribution in [1.29, 1.82) is 0 Å². The fourth-order valence-electron chi connectivity index (χ4n) is 3.17. The van der Waals surface area contributed by atoms with Gasteiger partial charge in [0.1, 0.15) is 12.4 Å². The summed E-state index contributed by atoms with van der Waals surface area (Å²) in [5.41, 5.74) is 2.44. The van der Waals surface area contributed by atoms with Crippen LogP contribution in [0.1, 0.15) is 17.7 Å². The number of para-hydroxylation sites is 1. The minimum absolute atomic E-state index is 0.347. The van der Waals surface area contributed by atoms with Crippen molar-refractivity contribution in [3.05, 3.63) is 66.5 Å². The van der Waals surface area contributed by atoms with Gasteiger partial charge >= 0.3 is 12.1 Å². The van der Waals surface area contributed by atoms with Crippen LogP contribution in [0.5, 0.6) is 5.75 Å². The Kier molecular flexibility index (Phi) is 7.29. The lowest BCUT2D eigenvalue weighted by Gasteiger charge is -2.29. The Hall–Kier alpha value is -3.34. The van der Waals surface area contributed by atoms with E-state index in [2.05, 4.69) is 24.6 Å². The van der Waals surface area contributed by atoms with Crippen LogP contribution in [-0.4, -0.2) is 54.5 Å². The van der Waals surface area contributed by atoms with Gasteiger partial charge in [0.05, 0.1) is 18.2 Å². The molecule has 0 aliphatic carbocycles. The first-order valence-corrected chi connectivity index (χ1v) is 9.51. The highest BCUT2D eigenvalue weighted by atomic mass is 19.4. The zero-order chi connectivity index (χ0) is 22.3. The summed E-state index contributed by atoms with van der Waals surface area (Å²) >= 11 is 0. The van der Waals surface area contributed by atoms with Crippen molar-refractivity contribution in [2.24, 2.45) is 0 Å². The number of carboxylic acid groups (broad SMARTS) is 1. The number of ether oxygens (including phenoxy) is 1. The van der Waals surface area contributed by atoms with Crippen molar-refractivity contribution >= 4 is 5.97 Å². The number of nitrogens with one attached hydrogen (secondary N) is 1. The summed E-state index contributed by atoms with van der Waals surface area (Å²) in [5, 5.41) is 14.1. The number of aliphatic carboxylic acids is 1. The summed E-state index contributed by atoms with van der Waals surface area (Å²) < 4.78 is 40.0. The summed E-state index contributed by atoms with van der Waals surface area (Å²) in [6.07, 6.45) is 3.68. The van der Waals surface area contributed by atoms with E-state index >= 15 is 0 Å². The van der Waals surface area contributed by atoms with E-state index in [1.54, 1.807) is 0 Å². The van der Waals surface area contributed by atoms with E-state index in [4.69, 9.17) is 14.6 Å². The van der Waals surface area contributed by atoms with Crippen LogP contribution >= 0.6 is 0 Å². The maximum absolute atomic E-state index is 10.6. The first kappa shape index (κ1) is 22.3. The summed E-state index contributed by atoms with van der Waals surface area (Å²) in [5.74, 6) is -1.83. The summed E-state index contributed by atoms with van der Waals surface area (Å²) in [6, 6.07) is 10.4. The van der Waals surface area contributed by atoms with Gasteiger partial charge in [-0.05, 0) is 18.6 Å². The molecule has 0 fully saturated rings. The van der Waals surface area contributed by atoms with E-state index in [-0.39, 0.29) is 0 Å². The first-order chi connectivity index (χ1) is 14.8. The number of carbonyl (C=O) groups is 1. The lowest BCUT2D eigenvalue weighted by atomic mass is 10.1. The molecule has 0 radical (unpaired) electrons. The topological polar surface area (TPSA) is 96.3 Å². The standard InChI is InChI=1S/C18H21N5O.C2HF3O2/c1-2-4-18(5-3-1)24-13-16-6-7-22-14-19-10-17(22)12-23(16)11-15-8-20-21-9-15;3-2(4,5)1(6)7/h1-5,8-10,14,16H,6-7,11-13H2,(H,20,21);(H,6,7). The summed E-state index contributed by atoms with van der Waals surface area (Å²) in [6.45, 7) is 3.37. The summed E-state index contributed by atoms with van der Waals surface area (Å²) in [4.78, 5) is 15.6. The number of aromatic nitrogens is 4. The molecular weight excluding hydrogens is 415 g/mol. The molecule has 1 aromatic carbocycles. The van der Waals surface area contributed by atoms with Gasteiger partial charge in [-0.25, -0.2) is 9.78 Å². The maximum Gasteiger partial charge on any atom is 0.490 e. The van der Waals surface area contributed by atoms with E-state index in [0.29, 0.717) is 12.6 Å². The lowest BCUT2D eigenvalue weighted by molar-refractivity contribution is -0.192. The van der Waals surface area contributed by atoms with E-state index in [9.17, 15) is 13.2 Å². The maximum atomic E-state index is 10.6. The van der Waals surface area contributed by atoms with Crippen LogP contribution in [0.25, 0.3) is 0 Å². The molecule has 0 bridgehead atoms. The molecule has 0 spiro atoms. The number of aromatic amines is 1. The van der Waals surface area contributed by atoms with Crippen molar-refractivity contribution in [2.45, 2.75) is 38.3 Å². The second-order valence-corrected chi connectivity index (χ2v) is 6.96. The van der Waals surface area contributed by atoms with E-state index in [0.717, 1.165) is 31.8 Å². The van der Waals surface area contributed by atoms with Crippen molar-refractivity contribution in [2.75, 3.05) is 6.61 Å². The van der Waals surface area contributed by atoms with Crippen molar-refractivity contribution in [3.63, 3.8) is 0 Å². The second-order valence-electron chi connectivity index (χ2n) is 6.96. The third-order valence-corrected chi connectivity index (χ3v) is 4.75. The third kappa shape index (κ3) is 6.57. The number of halogens is 3. The molecule has 3 heterocycles. The number of rotatable bonds is 5. The molecular formula is C20H22F3N5O3. The molecule has 31 heavy (non-hydrogen) atoms. The zero-order valence-electron chi connectivity index (χ0n) is 16.5. The molecule has 11 heteroatoms. The highest BCUT2D eigenvalue weighted by molar-refractivity contribution is 5.73. The molecule has 1 unspecified atom stereocenters. The van der Waals surface area contributed by atoms with Crippen LogP contribution in [0.4, 0.5) is 13.2 Å². The number of carboxylic acids is 1. The third-order valence-electron chi connectivity index (χ3n) is 4.75. The Morgan fingerprint density at radius 1 is 1.26 bits per heavy atom. The number of benzene rings is 1. The molecule has 1 atom stereocenters. The SMILES string of the molecule is O=C(O)C(F)(F)F.c1ccc(OCC2CCn3cncc3CN2Cc2cn[nH]c2)cc1. The normalized spacial score (nSPS) is 16.5. The highest BCUT2D eigenvalue weighted by Gasteiger charge is 2.38. The molecule has 1 aliphatic rings. The van der Waals surface area contributed by atoms with Crippen LogP contribution in [0.15, 0.2) is 55.2 Å². The molecule has 166 valence electrons. The number of aryl methyl sites for hydroxylation is 1. The van der Waals surface area contributed by atoms with Gasteiger partial charge in [0.15, 0.2) is 0 Å². The van der Waals surface area contributed by atoms with Crippen molar-refractivity contribution < 1.29 is 27.8 Å². The van der Waals surface area contributed by atoms with Crippen molar-refractivity contribution in [1.82, 2.24) is 24.6 Å². The Balaban J connectivity index is 0.000000339. The number of H-pyrrole nitrogens is 1. The molecule has 0 saturated carbocycles. The number of nitrogens with zero attached hydrogens (tertiary/aromatic N) is 4. The van der Waals surface area contributed by atoms with Crippen LogP contribution in [0.3, 0.4) is 0 Å². The Morgan fingerprint density at radius 2 is 2.00 bits per heavy atom. The van der Waals surface area contributed by atoms with E-state index < -0.39 is 12.1 Å². The number of alkyl halides is 3. The number of fused-ring (bicyclic) bond motifs is 1. The van der Waals surface area contributed by atoms with Crippen LogP contribution < -0.4 is 4.74 Å². The van der Waals surface area contributed by atoms with Gasteiger partial charge < -0.3 is 14.4 Å². The van der Waals surface area contributed by atoms with Gasteiger partial charge in [-0.2, -0.15) is 18.3 Å². The van der Waals surface area contributed by atoms with E-state index in [1.165, 1.54) is 11.3 Å². The quantitative estimate of drug-likeness (QED) is 0.637. The fraction of sp³-hybridized carbons (Fsp3) is 0.350. The fourth-order valence-corrected chi connectivity index (χ4v) is 3.17. The van der Waals surface area contributed by atoms with E-state index in [1.807, 2.05) is 55.2 Å². The predicted molar refractivity (Wildman–Crippen MR) is 104 cm³/mol. The molecule has 2 N–H and O–H groups in total. The molecule has 3 aromatic rings. The Labute approximate surface area is 176 Å². The van der Waals surface area contributed by atoms with Gasteiger partial charge in [0, 0.05) is 43.6 Å². The van der Waals surface area contributed by atoms with Crippen LogP contribution in [-0.2, 0) is 24.4 Å². The smallest absolute Gasteiger partial charge is 0.490 e. The Bertz CT molecular complexity index is 945. The molecule has 0 amide bonds. The lowest BCUT2D eigenvalue weighted by Crippen LogP contribution is -2.37. The zero-order valence-corrected chi connectivity index (χ0v) is 16.5. The molecule has 4 rings (SSSR count). The second kappa shape index (κ2) is 10.1. The van der Waals surface area contributed by atoms with Gasteiger partial charge in [-0.15, -0.1) is 0 Å².